The minimum absolute atomic E-state index is 0.265. The predicted octanol–water partition coefficient (Wildman–Crippen LogP) is 4.77. The summed E-state index contributed by atoms with van der Waals surface area (Å²) >= 11 is 3.43. The summed E-state index contributed by atoms with van der Waals surface area (Å²) in [5, 5.41) is 7.24. The number of aromatic nitrogens is 2. The van der Waals surface area contributed by atoms with E-state index < -0.39 is 0 Å². The van der Waals surface area contributed by atoms with Crippen LogP contribution in [0.15, 0.2) is 88.7 Å². The molecule has 6 nitrogen and oxygen atoms in total. The number of hydrogen-bond donors (Lipinski definition) is 3. The number of nitrogens with zero attached hydrogens (tertiary/aromatic N) is 2. The molecule has 0 aliphatic rings. The highest BCUT2D eigenvalue weighted by Crippen LogP contribution is 2.18. The standard InChI is InChI=1S/C23H20BrN5O/c24-18-7-9-19(10-8-18)28-23(29-22(30)17-4-3-12-25-14-17)26-13-11-16-15-27-21-6-2-1-5-20(16)21/h1-10,12,14-15,27H,11,13H2,(H2,26,28,29,30). The number of para-hydroxylation sites is 1. The molecule has 0 saturated carbocycles. The van der Waals surface area contributed by atoms with Gasteiger partial charge in [-0.1, -0.05) is 34.1 Å². The van der Waals surface area contributed by atoms with Gasteiger partial charge in [-0.25, -0.2) is 0 Å². The molecule has 2 aromatic carbocycles. The largest absolute Gasteiger partial charge is 0.361 e. The van der Waals surface area contributed by atoms with Gasteiger partial charge in [0, 0.05) is 46.2 Å². The molecule has 0 saturated heterocycles. The third-order valence-corrected chi connectivity index (χ3v) is 5.12. The molecular formula is C23H20BrN5O. The number of fused-ring (bicyclic) bond motifs is 1. The number of amides is 1. The van der Waals surface area contributed by atoms with Crippen LogP contribution in [0.5, 0.6) is 0 Å². The van der Waals surface area contributed by atoms with E-state index in [1.807, 2.05) is 42.6 Å². The van der Waals surface area contributed by atoms with Crippen molar-refractivity contribution in [2.45, 2.75) is 6.42 Å². The van der Waals surface area contributed by atoms with Crippen LogP contribution in [0, 0.1) is 0 Å². The van der Waals surface area contributed by atoms with E-state index in [4.69, 9.17) is 0 Å². The van der Waals surface area contributed by atoms with Crippen molar-refractivity contribution < 1.29 is 4.79 Å². The molecule has 2 heterocycles. The van der Waals surface area contributed by atoms with Gasteiger partial charge in [-0.05, 0) is 54.4 Å². The molecule has 1 amide bonds. The summed E-state index contributed by atoms with van der Waals surface area (Å²) in [6, 6.07) is 19.3. The second kappa shape index (κ2) is 9.37. The average molecular weight is 462 g/mol. The maximum atomic E-state index is 12.6. The molecule has 0 atom stereocenters. The number of H-pyrrole nitrogens is 1. The maximum absolute atomic E-state index is 12.6. The Morgan fingerprint density at radius 2 is 1.90 bits per heavy atom. The van der Waals surface area contributed by atoms with E-state index in [0.29, 0.717) is 18.1 Å². The number of pyridine rings is 1. The lowest BCUT2D eigenvalue weighted by molar-refractivity contribution is 0.0976. The first-order valence-electron chi connectivity index (χ1n) is 9.52. The van der Waals surface area contributed by atoms with Gasteiger partial charge in [-0.15, -0.1) is 0 Å². The summed E-state index contributed by atoms with van der Waals surface area (Å²) in [6.45, 7) is 0.522. The molecule has 4 aromatic rings. The molecule has 3 N–H and O–H groups in total. The number of carbonyl (C=O) groups excluding carboxylic acids is 1. The molecular weight excluding hydrogens is 442 g/mol. The summed E-state index contributed by atoms with van der Waals surface area (Å²) in [7, 11) is 0. The average Bonchev–Trinajstić information content (AvgIpc) is 3.19. The second-order valence-corrected chi connectivity index (χ2v) is 7.58. The fraction of sp³-hybridized carbons (Fsp3) is 0.0870. The summed E-state index contributed by atoms with van der Waals surface area (Å²) in [5.41, 5.74) is 3.60. The lowest BCUT2D eigenvalue weighted by Crippen LogP contribution is -2.36. The monoisotopic (exact) mass is 461 g/mol. The van der Waals surface area contributed by atoms with Crippen LogP contribution in [0.4, 0.5) is 5.69 Å². The Labute approximate surface area is 182 Å². The highest BCUT2D eigenvalue weighted by molar-refractivity contribution is 9.10. The number of nitrogens with one attached hydrogen (secondary N) is 3. The molecule has 0 unspecified atom stereocenters. The van der Waals surface area contributed by atoms with Gasteiger partial charge in [-0.2, -0.15) is 0 Å². The van der Waals surface area contributed by atoms with E-state index in [2.05, 4.69) is 53.7 Å². The van der Waals surface area contributed by atoms with E-state index in [-0.39, 0.29) is 5.91 Å². The molecule has 0 radical (unpaired) electrons. The van der Waals surface area contributed by atoms with Crippen LogP contribution >= 0.6 is 15.9 Å². The van der Waals surface area contributed by atoms with Gasteiger partial charge in [0.15, 0.2) is 0 Å². The highest BCUT2D eigenvalue weighted by atomic mass is 79.9. The second-order valence-electron chi connectivity index (χ2n) is 6.67. The molecule has 0 aliphatic carbocycles. The number of hydrogen-bond acceptors (Lipinski definition) is 3. The van der Waals surface area contributed by atoms with Gasteiger partial charge < -0.3 is 10.3 Å². The Kier molecular flexibility index (Phi) is 6.20. The van der Waals surface area contributed by atoms with E-state index in [1.54, 1.807) is 18.3 Å². The summed E-state index contributed by atoms with van der Waals surface area (Å²) < 4.78 is 0.977. The van der Waals surface area contributed by atoms with Crippen molar-refractivity contribution in [1.82, 2.24) is 15.3 Å². The number of aliphatic imine (C=N–C) groups is 1. The van der Waals surface area contributed by atoms with Crippen molar-refractivity contribution in [1.29, 1.82) is 0 Å². The van der Waals surface area contributed by atoms with Gasteiger partial charge in [0.25, 0.3) is 5.91 Å². The lowest BCUT2D eigenvalue weighted by Gasteiger charge is -2.12. The third-order valence-electron chi connectivity index (χ3n) is 4.59. The number of carbonyl (C=O) groups is 1. The van der Waals surface area contributed by atoms with Gasteiger partial charge in [0.05, 0.1) is 5.56 Å². The van der Waals surface area contributed by atoms with Crippen molar-refractivity contribution in [2.75, 3.05) is 11.9 Å². The molecule has 4 rings (SSSR count). The summed E-state index contributed by atoms with van der Waals surface area (Å²) in [6.07, 6.45) is 5.92. The fourth-order valence-corrected chi connectivity index (χ4v) is 3.35. The Morgan fingerprint density at radius 1 is 1.07 bits per heavy atom. The Morgan fingerprint density at radius 3 is 2.70 bits per heavy atom. The number of guanidine groups is 1. The molecule has 2 aromatic heterocycles. The Balaban J connectivity index is 1.50. The van der Waals surface area contributed by atoms with Crippen LogP contribution in [-0.4, -0.2) is 28.4 Å². The third kappa shape index (κ3) is 4.93. The SMILES string of the molecule is O=C(NC(=NCCc1c[nH]c2ccccc12)Nc1ccc(Br)cc1)c1cccnc1. The zero-order chi connectivity index (χ0) is 20.8. The zero-order valence-corrected chi connectivity index (χ0v) is 17.7. The summed E-state index contributed by atoms with van der Waals surface area (Å²) in [5.74, 6) is 0.129. The predicted molar refractivity (Wildman–Crippen MR) is 124 cm³/mol. The number of benzene rings is 2. The van der Waals surface area contributed by atoms with Crippen molar-refractivity contribution in [3.8, 4) is 0 Å². The molecule has 7 heteroatoms. The van der Waals surface area contributed by atoms with E-state index in [0.717, 1.165) is 22.1 Å². The van der Waals surface area contributed by atoms with Crippen LogP contribution in [0.3, 0.4) is 0 Å². The van der Waals surface area contributed by atoms with Gasteiger partial charge in [-0.3, -0.25) is 20.1 Å². The number of rotatable bonds is 5. The first-order valence-corrected chi connectivity index (χ1v) is 10.3. The van der Waals surface area contributed by atoms with Crippen LogP contribution < -0.4 is 10.6 Å². The molecule has 0 fully saturated rings. The quantitative estimate of drug-likeness (QED) is 0.295. The van der Waals surface area contributed by atoms with Crippen LogP contribution in [0.1, 0.15) is 15.9 Å². The van der Waals surface area contributed by atoms with E-state index in [1.165, 1.54) is 17.1 Å². The fourth-order valence-electron chi connectivity index (χ4n) is 3.08. The minimum atomic E-state index is -0.265. The van der Waals surface area contributed by atoms with Crippen molar-refractivity contribution >= 4 is 44.4 Å². The summed E-state index contributed by atoms with van der Waals surface area (Å²) in [4.78, 5) is 24.5. The smallest absolute Gasteiger partial charge is 0.259 e. The normalized spacial score (nSPS) is 11.4. The maximum Gasteiger partial charge on any atom is 0.259 e. The lowest BCUT2D eigenvalue weighted by atomic mass is 10.1. The topological polar surface area (TPSA) is 82.2 Å². The molecule has 0 spiro atoms. The Bertz CT molecular complexity index is 1170. The molecule has 30 heavy (non-hydrogen) atoms. The number of halogens is 1. The van der Waals surface area contributed by atoms with Crippen molar-refractivity contribution in [2.24, 2.45) is 4.99 Å². The van der Waals surface area contributed by atoms with E-state index >= 15 is 0 Å². The molecule has 150 valence electrons. The highest BCUT2D eigenvalue weighted by Gasteiger charge is 2.10. The van der Waals surface area contributed by atoms with Crippen LogP contribution in [0.2, 0.25) is 0 Å². The first-order chi connectivity index (χ1) is 14.7. The van der Waals surface area contributed by atoms with Crippen LogP contribution in [0.25, 0.3) is 10.9 Å². The van der Waals surface area contributed by atoms with Crippen LogP contribution in [-0.2, 0) is 6.42 Å². The van der Waals surface area contributed by atoms with Crippen molar-refractivity contribution in [3.63, 3.8) is 0 Å². The number of aromatic amines is 1. The minimum Gasteiger partial charge on any atom is -0.361 e. The van der Waals surface area contributed by atoms with Gasteiger partial charge in [0.2, 0.25) is 5.96 Å². The Hall–Kier alpha value is -3.45. The zero-order valence-electron chi connectivity index (χ0n) is 16.1. The van der Waals surface area contributed by atoms with E-state index in [9.17, 15) is 4.79 Å². The van der Waals surface area contributed by atoms with Crippen molar-refractivity contribution in [3.05, 3.63) is 94.9 Å². The van der Waals surface area contributed by atoms with Gasteiger partial charge >= 0.3 is 0 Å². The molecule has 0 aliphatic heterocycles. The molecule has 0 bridgehead atoms. The van der Waals surface area contributed by atoms with Gasteiger partial charge in [0.1, 0.15) is 0 Å². The first kappa shape index (κ1) is 19.8. The number of anilines is 1.